The Morgan fingerprint density at radius 1 is 1.20 bits per heavy atom. The first-order chi connectivity index (χ1) is 11.6. The largest absolute Gasteiger partial charge is 0.491 e. The molecule has 1 aromatic carbocycles. The highest BCUT2D eigenvalue weighted by molar-refractivity contribution is 7.92. The molecule has 0 radical (unpaired) electrons. The Balaban J connectivity index is 2.73. The molecule has 7 nitrogen and oxygen atoms in total. The molecule has 0 atom stereocenters. The number of benzene rings is 1. The molecule has 0 fully saturated rings. The Labute approximate surface area is 151 Å². The number of hydrogen-bond donors (Lipinski definition) is 1. The minimum Gasteiger partial charge on any atom is -0.491 e. The van der Waals surface area contributed by atoms with Crippen molar-refractivity contribution < 1.29 is 17.9 Å². The van der Waals surface area contributed by atoms with Gasteiger partial charge in [0.25, 0.3) is 0 Å². The van der Waals surface area contributed by atoms with Gasteiger partial charge >= 0.3 is 0 Å². The zero-order valence-electron chi connectivity index (χ0n) is 15.7. The predicted octanol–water partition coefficient (Wildman–Crippen LogP) is 1.31. The van der Waals surface area contributed by atoms with E-state index in [0.29, 0.717) is 18.0 Å². The smallest absolute Gasteiger partial charge is 0.240 e. The second kappa shape index (κ2) is 9.62. The van der Waals surface area contributed by atoms with Crippen molar-refractivity contribution in [3.63, 3.8) is 0 Å². The Morgan fingerprint density at radius 3 is 2.28 bits per heavy atom. The molecule has 0 aromatic heterocycles. The number of ether oxygens (including phenoxy) is 1. The Hall–Kier alpha value is -1.80. The summed E-state index contributed by atoms with van der Waals surface area (Å²) in [6.45, 7) is 4.95. The zero-order valence-corrected chi connectivity index (χ0v) is 16.5. The van der Waals surface area contributed by atoms with Gasteiger partial charge in [-0.15, -0.1) is 0 Å². The fourth-order valence-corrected chi connectivity index (χ4v) is 3.03. The summed E-state index contributed by atoms with van der Waals surface area (Å²) in [4.78, 5) is 14.1. The molecule has 1 aromatic rings. The molecule has 0 aliphatic carbocycles. The van der Waals surface area contributed by atoms with Gasteiger partial charge in [0.1, 0.15) is 12.3 Å². The van der Waals surface area contributed by atoms with Crippen molar-refractivity contribution in [2.75, 3.05) is 44.3 Å². The highest BCUT2D eigenvalue weighted by Gasteiger charge is 2.20. The summed E-state index contributed by atoms with van der Waals surface area (Å²) in [7, 11) is 0.347. The van der Waals surface area contributed by atoms with Gasteiger partial charge in [-0.3, -0.25) is 9.10 Å². The Bertz CT molecular complexity index is 642. The lowest BCUT2D eigenvalue weighted by Crippen LogP contribution is -2.41. The van der Waals surface area contributed by atoms with Crippen LogP contribution in [0.15, 0.2) is 24.3 Å². The standard InChI is InChI=1S/C17H29N3O4S/c1-14(2)24-16-9-7-15(8-10-16)20(25(5,22)23)13-17(21)18-11-6-12-19(3)4/h7-10,14H,6,11-13H2,1-5H3,(H,18,21). The van der Waals surface area contributed by atoms with Gasteiger partial charge in [-0.1, -0.05) is 0 Å². The molecule has 1 amide bonds. The number of hydrogen-bond acceptors (Lipinski definition) is 5. The third kappa shape index (κ3) is 8.22. The topological polar surface area (TPSA) is 79.0 Å². The molecule has 1 rings (SSSR count). The lowest BCUT2D eigenvalue weighted by Gasteiger charge is -2.22. The fraction of sp³-hybridized carbons (Fsp3) is 0.588. The minimum atomic E-state index is -3.57. The van der Waals surface area contributed by atoms with E-state index >= 15 is 0 Å². The number of rotatable bonds is 10. The lowest BCUT2D eigenvalue weighted by molar-refractivity contribution is -0.119. The maximum absolute atomic E-state index is 12.1. The monoisotopic (exact) mass is 371 g/mol. The van der Waals surface area contributed by atoms with Crippen LogP contribution in [-0.4, -0.2) is 65.3 Å². The quantitative estimate of drug-likeness (QED) is 0.628. The van der Waals surface area contributed by atoms with Gasteiger partial charge in [-0.05, 0) is 65.2 Å². The summed E-state index contributed by atoms with van der Waals surface area (Å²) in [6.07, 6.45) is 1.92. The van der Waals surface area contributed by atoms with Crippen LogP contribution < -0.4 is 14.4 Å². The molecule has 8 heteroatoms. The van der Waals surface area contributed by atoms with Crippen molar-refractivity contribution in [2.45, 2.75) is 26.4 Å². The molecular weight excluding hydrogens is 342 g/mol. The van der Waals surface area contributed by atoms with E-state index in [1.807, 2.05) is 32.8 Å². The van der Waals surface area contributed by atoms with Crippen LogP contribution in [0.3, 0.4) is 0 Å². The van der Waals surface area contributed by atoms with E-state index in [1.54, 1.807) is 24.3 Å². The van der Waals surface area contributed by atoms with Crippen LogP contribution in [0.25, 0.3) is 0 Å². The number of carbonyl (C=O) groups excluding carboxylic acids is 1. The second-order valence-corrected chi connectivity index (χ2v) is 8.34. The molecule has 0 spiro atoms. The summed E-state index contributed by atoms with van der Waals surface area (Å²) < 4.78 is 30.8. The van der Waals surface area contributed by atoms with E-state index in [1.165, 1.54) is 0 Å². The van der Waals surface area contributed by atoms with E-state index in [-0.39, 0.29) is 18.6 Å². The average Bonchev–Trinajstić information content (AvgIpc) is 2.48. The van der Waals surface area contributed by atoms with Gasteiger partial charge in [-0.25, -0.2) is 8.42 Å². The zero-order chi connectivity index (χ0) is 19.0. The van der Waals surface area contributed by atoms with Gasteiger partial charge < -0.3 is 15.0 Å². The Kier molecular flexibility index (Phi) is 8.18. The van der Waals surface area contributed by atoms with Crippen molar-refractivity contribution in [3.8, 4) is 5.75 Å². The molecule has 0 saturated heterocycles. The van der Waals surface area contributed by atoms with Crippen LogP contribution in [-0.2, 0) is 14.8 Å². The van der Waals surface area contributed by atoms with Crippen LogP contribution in [0, 0.1) is 0 Å². The summed E-state index contributed by atoms with van der Waals surface area (Å²) in [5.41, 5.74) is 0.432. The van der Waals surface area contributed by atoms with Crippen molar-refractivity contribution in [2.24, 2.45) is 0 Å². The third-order valence-electron chi connectivity index (χ3n) is 3.29. The van der Waals surface area contributed by atoms with Crippen molar-refractivity contribution >= 4 is 21.6 Å². The average molecular weight is 372 g/mol. The van der Waals surface area contributed by atoms with Gasteiger partial charge in [0.2, 0.25) is 15.9 Å². The van der Waals surface area contributed by atoms with Gasteiger partial charge in [-0.2, -0.15) is 0 Å². The molecule has 25 heavy (non-hydrogen) atoms. The molecule has 0 unspecified atom stereocenters. The molecular formula is C17H29N3O4S. The van der Waals surface area contributed by atoms with Gasteiger partial charge in [0, 0.05) is 6.54 Å². The number of anilines is 1. The Morgan fingerprint density at radius 2 is 1.80 bits per heavy atom. The number of nitrogens with one attached hydrogen (secondary N) is 1. The lowest BCUT2D eigenvalue weighted by atomic mass is 10.3. The van der Waals surface area contributed by atoms with Crippen LogP contribution in [0.1, 0.15) is 20.3 Å². The van der Waals surface area contributed by atoms with E-state index in [9.17, 15) is 13.2 Å². The molecule has 0 aliphatic heterocycles. The summed E-state index contributed by atoms with van der Waals surface area (Å²) in [5.74, 6) is 0.326. The predicted molar refractivity (Wildman–Crippen MR) is 101 cm³/mol. The summed E-state index contributed by atoms with van der Waals surface area (Å²) >= 11 is 0. The SMILES string of the molecule is CC(C)Oc1ccc(N(CC(=O)NCCCN(C)C)S(C)(=O)=O)cc1. The maximum Gasteiger partial charge on any atom is 0.240 e. The summed E-state index contributed by atoms with van der Waals surface area (Å²) in [6, 6.07) is 6.67. The third-order valence-corrected chi connectivity index (χ3v) is 4.43. The van der Waals surface area contributed by atoms with Crippen LogP contribution in [0.5, 0.6) is 5.75 Å². The fourth-order valence-electron chi connectivity index (χ4n) is 2.17. The van der Waals surface area contributed by atoms with Crippen molar-refractivity contribution in [1.29, 1.82) is 0 Å². The number of nitrogens with zero attached hydrogens (tertiary/aromatic N) is 2. The number of carbonyl (C=O) groups is 1. The summed E-state index contributed by atoms with van der Waals surface area (Å²) in [5, 5.41) is 2.75. The second-order valence-electron chi connectivity index (χ2n) is 6.44. The van der Waals surface area contributed by atoms with Crippen LogP contribution in [0.4, 0.5) is 5.69 Å². The van der Waals surface area contributed by atoms with E-state index in [4.69, 9.17) is 4.74 Å². The van der Waals surface area contributed by atoms with Crippen LogP contribution >= 0.6 is 0 Å². The highest BCUT2D eigenvalue weighted by Crippen LogP contribution is 2.22. The molecule has 0 bridgehead atoms. The van der Waals surface area contributed by atoms with Crippen LogP contribution in [0.2, 0.25) is 0 Å². The van der Waals surface area contributed by atoms with Gasteiger partial charge in [0.05, 0.1) is 18.0 Å². The van der Waals surface area contributed by atoms with Crippen molar-refractivity contribution in [1.82, 2.24) is 10.2 Å². The first-order valence-corrected chi connectivity index (χ1v) is 10.1. The van der Waals surface area contributed by atoms with E-state index in [2.05, 4.69) is 5.32 Å². The number of sulfonamides is 1. The van der Waals surface area contributed by atoms with Gasteiger partial charge in [0.15, 0.2) is 0 Å². The molecule has 0 heterocycles. The first kappa shape index (κ1) is 21.2. The normalized spacial score (nSPS) is 11.6. The van der Waals surface area contributed by atoms with E-state index < -0.39 is 10.0 Å². The molecule has 0 aliphatic rings. The van der Waals surface area contributed by atoms with E-state index in [0.717, 1.165) is 23.5 Å². The van der Waals surface area contributed by atoms with Crippen molar-refractivity contribution in [3.05, 3.63) is 24.3 Å². The number of amides is 1. The molecule has 142 valence electrons. The highest BCUT2D eigenvalue weighted by atomic mass is 32.2. The molecule has 0 saturated carbocycles. The minimum absolute atomic E-state index is 0.0322. The first-order valence-electron chi connectivity index (χ1n) is 8.25. The molecule has 1 N–H and O–H groups in total. The maximum atomic E-state index is 12.1.